The molecular formula is C20H22FN3O3. The highest BCUT2D eigenvalue weighted by atomic mass is 19.1. The number of nitrogens with zero attached hydrogens (tertiary/aromatic N) is 2. The highest BCUT2D eigenvalue weighted by Gasteiger charge is 2.31. The van der Waals surface area contributed by atoms with E-state index in [0.717, 1.165) is 5.56 Å². The van der Waals surface area contributed by atoms with Crippen LogP contribution in [0, 0.1) is 5.82 Å². The molecule has 6 nitrogen and oxygen atoms in total. The molecule has 1 aliphatic heterocycles. The molecule has 1 saturated heterocycles. The van der Waals surface area contributed by atoms with E-state index in [4.69, 9.17) is 0 Å². The number of likely N-dealkylation sites (tertiary alicyclic amines) is 1. The molecule has 0 aliphatic carbocycles. The number of hydrogen-bond donors (Lipinski definition) is 2. The van der Waals surface area contributed by atoms with Crippen molar-refractivity contribution < 1.29 is 19.1 Å². The molecule has 1 aromatic carbocycles. The van der Waals surface area contributed by atoms with Crippen LogP contribution in [0.3, 0.4) is 0 Å². The number of carbonyl (C=O) groups is 2. The Bertz CT molecular complexity index is 800. The Morgan fingerprint density at radius 2 is 2.11 bits per heavy atom. The minimum Gasteiger partial charge on any atom is -0.389 e. The molecular weight excluding hydrogens is 349 g/mol. The van der Waals surface area contributed by atoms with Crippen LogP contribution in [0.5, 0.6) is 0 Å². The quantitative estimate of drug-likeness (QED) is 0.835. The maximum absolute atomic E-state index is 13.2. The zero-order valence-electron chi connectivity index (χ0n) is 14.8. The molecule has 27 heavy (non-hydrogen) atoms. The number of halogens is 1. The van der Waals surface area contributed by atoms with Crippen LogP contribution in [0.25, 0.3) is 0 Å². The Morgan fingerprint density at radius 3 is 2.81 bits per heavy atom. The van der Waals surface area contributed by atoms with Crippen LogP contribution >= 0.6 is 0 Å². The second-order valence-electron chi connectivity index (χ2n) is 6.63. The summed E-state index contributed by atoms with van der Waals surface area (Å²) in [6.45, 7) is 0.575. The summed E-state index contributed by atoms with van der Waals surface area (Å²) < 4.78 is 13.2. The maximum Gasteiger partial charge on any atom is 0.272 e. The first-order valence-electron chi connectivity index (χ1n) is 8.95. The highest BCUT2D eigenvalue weighted by Crippen LogP contribution is 2.14. The second kappa shape index (κ2) is 8.73. The van der Waals surface area contributed by atoms with Gasteiger partial charge in [0.15, 0.2) is 0 Å². The van der Waals surface area contributed by atoms with E-state index < -0.39 is 12.1 Å². The third kappa shape index (κ3) is 5.10. The Morgan fingerprint density at radius 1 is 1.26 bits per heavy atom. The summed E-state index contributed by atoms with van der Waals surface area (Å²) in [6.07, 6.45) is 1.81. The van der Waals surface area contributed by atoms with Crippen molar-refractivity contribution in [3.05, 3.63) is 65.7 Å². The molecule has 2 heterocycles. The molecule has 0 spiro atoms. The van der Waals surface area contributed by atoms with E-state index in [1.54, 1.807) is 41.4 Å². The van der Waals surface area contributed by atoms with Crippen molar-refractivity contribution in [3.63, 3.8) is 0 Å². The molecule has 2 N–H and O–H groups in total. The number of hydrogen-bond acceptors (Lipinski definition) is 4. The summed E-state index contributed by atoms with van der Waals surface area (Å²) >= 11 is 0. The van der Waals surface area contributed by atoms with E-state index in [1.165, 1.54) is 12.1 Å². The van der Waals surface area contributed by atoms with Gasteiger partial charge in [0, 0.05) is 25.7 Å². The van der Waals surface area contributed by atoms with Crippen LogP contribution in [-0.2, 0) is 11.2 Å². The monoisotopic (exact) mass is 371 g/mol. The van der Waals surface area contributed by atoms with E-state index >= 15 is 0 Å². The third-order valence-electron chi connectivity index (χ3n) is 4.63. The van der Waals surface area contributed by atoms with Crippen LogP contribution in [-0.4, -0.2) is 52.0 Å². The van der Waals surface area contributed by atoms with E-state index in [0.29, 0.717) is 25.1 Å². The van der Waals surface area contributed by atoms with Gasteiger partial charge in [0.25, 0.3) is 5.91 Å². The highest BCUT2D eigenvalue weighted by molar-refractivity contribution is 5.92. The maximum atomic E-state index is 13.2. The third-order valence-corrected chi connectivity index (χ3v) is 4.63. The zero-order valence-corrected chi connectivity index (χ0v) is 14.8. The van der Waals surface area contributed by atoms with E-state index in [9.17, 15) is 19.1 Å². The van der Waals surface area contributed by atoms with Crippen molar-refractivity contribution in [2.45, 2.75) is 31.4 Å². The molecule has 142 valence electrons. The molecule has 1 fully saturated rings. The first-order chi connectivity index (χ1) is 13.0. The summed E-state index contributed by atoms with van der Waals surface area (Å²) in [5.74, 6) is -0.758. The number of amides is 2. The van der Waals surface area contributed by atoms with Gasteiger partial charge in [-0.3, -0.25) is 14.6 Å². The second-order valence-corrected chi connectivity index (χ2v) is 6.63. The van der Waals surface area contributed by atoms with Crippen LogP contribution in [0.1, 0.15) is 28.9 Å². The molecule has 0 unspecified atom stereocenters. The van der Waals surface area contributed by atoms with Gasteiger partial charge in [0.2, 0.25) is 5.91 Å². The SMILES string of the molecule is O=C(CCc1cccc(F)c1)N[C@@H]1CCN(C(=O)c2ccccn2)C[C@H]1O. The van der Waals surface area contributed by atoms with Crippen molar-refractivity contribution >= 4 is 11.8 Å². The van der Waals surface area contributed by atoms with Crippen molar-refractivity contribution in [3.8, 4) is 0 Å². The summed E-state index contributed by atoms with van der Waals surface area (Å²) in [6, 6.07) is 10.9. The smallest absolute Gasteiger partial charge is 0.272 e. The number of piperidine rings is 1. The fourth-order valence-corrected chi connectivity index (χ4v) is 3.17. The van der Waals surface area contributed by atoms with E-state index in [-0.39, 0.29) is 30.6 Å². The predicted octanol–water partition coefficient (Wildman–Crippen LogP) is 1.55. The van der Waals surface area contributed by atoms with Crippen molar-refractivity contribution in [1.82, 2.24) is 15.2 Å². The zero-order chi connectivity index (χ0) is 19.2. The van der Waals surface area contributed by atoms with Gasteiger partial charge >= 0.3 is 0 Å². The minimum absolute atomic E-state index is 0.143. The predicted molar refractivity (Wildman–Crippen MR) is 97.4 cm³/mol. The molecule has 2 amide bonds. The number of aliphatic hydroxyl groups is 1. The number of aliphatic hydroxyl groups excluding tert-OH is 1. The van der Waals surface area contributed by atoms with Crippen LogP contribution < -0.4 is 5.32 Å². The van der Waals surface area contributed by atoms with Gasteiger partial charge < -0.3 is 15.3 Å². The van der Waals surface area contributed by atoms with Gasteiger partial charge in [-0.15, -0.1) is 0 Å². The van der Waals surface area contributed by atoms with Gasteiger partial charge in [-0.25, -0.2) is 4.39 Å². The Hall–Kier alpha value is -2.80. The average Bonchev–Trinajstić information content (AvgIpc) is 2.68. The largest absolute Gasteiger partial charge is 0.389 e. The van der Waals surface area contributed by atoms with Crippen molar-refractivity contribution in [1.29, 1.82) is 0 Å². The molecule has 1 aliphatic rings. The number of carbonyl (C=O) groups excluding carboxylic acids is 2. The Kier molecular flexibility index (Phi) is 6.13. The van der Waals surface area contributed by atoms with Crippen LogP contribution in [0.4, 0.5) is 4.39 Å². The van der Waals surface area contributed by atoms with E-state index in [1.807, 2.05) is 0 Å². The molecule has 7 heteroatoms. The number of pyridine rings is 1. The molecule has 2 aromatic rings. The summed E-state index contributed by atoms with van der Waals surface area (Å²) in [4.78, 5) is 30.1. The van der Waals surface area contributed by atoms with Gasteiger partial charge in [-0.1, -0.05) is 18.2 Å². The molecule has 1 aromatic heterocycles. The first kappa shape index (κ1) is 19.0. The Balaban J connectivity index is 1.48. The number of aryl methyl sites for hydroxylation is 1. The van der Waals surface area contributed by atoms with Crippen LogP contribution in [0.2, 0.25) is 0 Å². The summed E-state index contributed by atoms with van der Waals surface area (Å²) in [7, 11) is 0. The lowest BCUT2D eigenvalue weighted by Crippen LogP contribution is -2.55. The summed E-state index contributed by atoms with van der Waals surface area (Å²) in [5.41, 5.74) is 1.09. The normalized spacial score (nSPS) is 19.6. The van der Waals surface area contributed by atoms with Gasteiger partial charge in [0.05, 0.1) is 12.1 Å². The average molecular weight is 371 g/mol. The number of nitrogens with one attached hydrogen (secondary N) is 1. The van der Waals surface area contributed by atoms with Gasteiger partial charge in [-0.2, -0.15) is 0 Å². The fourth-order valence-electron chi connectivity index (χ4n) is 3.17. The van der Waals surface area contributed by atoms with Crippen LogP contribution in [0.15, 0.2) is 48.7 Å². The number of aromatic nitrogens is 1. The standard InChI is InChI=1S/C20H22FN3O3/c21-15-5-3-4-14(12-15)7-8-19(26)23-16-9-11-24(13-18(16)25)20(27)17-6-1-2-10-22-17/h1-6,10,12,16,18,25H,7-9,11,13H2,(H,23,26)/t16-,18-/m1/s1. The minimum atomic E-state index is -0.843. The number of β-amino-alcohol motifs (C(OH)–C–C–N with tert-alkyl or cyclic N) is 1. The van der Waals surface area contributed by atoms with Gasteiger partial charge in [-0.05, 0) is 42.7 Å². The molecule has 0 saturated carbocycles. The van der Waals surface area contributed by atoms with Crippen molar-refractivity contribution in [2.75, 3.05) is 13.1 Å². The molecule has 2 atom stereocenters. The number of rotatable bonds is 5. The summed E-state index contributed by atoms with van der Waals surface area (Å²) in [5, 5.41) is 13.1. The lowest BCUT2D eigenvalue weighted by Gasteiger charge is -2.36. The van der Waals surface area contributed by atoms with Crippen molar-refractivity contribution in [2.24, 2.45) is 0 Å². The fraction of sp³-hybridized carbons (Fsp3) is 0.350. The lowest BCUT2D eigenvalue weighted by molar-refractivity contribution is -0.123. The van der Waals surface area contributed by atoms with Gasteiger partial charge in [0.1, 0.15) is 11.5 Å². The topological polar surface area (TPSA) is 82.5 Å². The lowest BCUT2D eigenvalue weighted by atomic mass is 10.0. The first-order valence-corrected chi connectivity index (χ1v) is 8.95. The molecule has 0 bridgehead atoms. The molecule has 3 rings (SSSR count). The Labute approximate surface area is 157 Å². The number of benzene rings is 1. The molecule has 0 radical (unpaired) electrons. The van der Waals surface area contributed by atoms with E-state index in [2.05, 4.69) is 10.3 Å².